The van der Waals surface area contributed by atoms with Crippen molar-refractivity contribution in [2.24, 2.45) is 0 Å². The van der Waals surface area contributed by atoms with Crippen LogP contribution in [0.1, 0.15) is 16.7 Å². The number of aryl methyl sites for hydroxylation is 1. The van der Waals surface area contributed by atoms with Crippen molar-refractivity contribution in [1.29, 1.82) is 0 Å². The van der Waals surface area contributed by atoms with Crippen LogP contribution in [0.15, 0.2) is 54.6 Å². The molecule has 5 heteroatoms. The second-order valence-electron chi connectivity index (χ2n) is 7.01. The molecule has 0 spiro atoms. The predicted octanol–water partition coefficient (Wildman–Crippen LogP) is 3.04. The summed E-state index contributed by atoms with van der Waals surface area (Å²) in [7, 11) is 0. The molecule has 1 aliphatic heterocycles. The van der Waals surface area contributed by atoms with E-state index in [0.717, 1.165) is 44.0 Å². The summed E-state index contributed by atoms with van der Waals surface area (Å²) in [5.41, 5.74) is 3.48. The van der Waals surface area contributed by atoms with Crippen molar-refractivity contribution in [3.8, 4) is 0 Å². The molecule has 0 aliphatic carbocycles. The second-order valence-corrected chi connectivity index (χ2v) is 7.01. The zero-order valence-corrected chi connectivity index (χ0v) is 16.1. The molecule has 2 aromatic rings. The van der Waals surface area contributed by atoms with Crippen LogP contribution in [0.4, 0.5) is 4.79 Å². The number of carbonyl (C=O) groups is 1. The minimum absolute atomic E-state index is 0.0198. The summed E-state index contributed by atoms with van der Waals surface area (Å²) in [5.74, 6) is 0. The smallest absolute Gasteiger partial charge is 0.318 e. The zero-order valence-electron chi connectivity index (χ0n) is 16.1. The first-order valence-electron chi connectivity index (χ1n) is 9.63. The normalized spacial score (nSPS) is 14.7. The van der Waals surface area contributed by atoms with Crippen LogP contribution in [0.25, 0.3) is 0 Å². The van der Waals surface area contributed by atoms with Crippen molar-refractivity contribution in [3.05, 3.63) is 71.3 Å². The Labute approximate surface area is 161 Å². The number of rotatable bonds is 7. The summed E-state index contributed by atoms with van der Waals surface area (Å²) in [6.45, 7) is 8.23. The van der Waals surface area contributed by atoms with Gasteiger partial charge < -0.3 is 15.0 Å². The van der Waals surface area contributed by atoms with Gasteiger partial charge in [0.25, 0.3) is 0 Å². The molecular formula is C22H29N3O2. The van der Waals surface area contributed by atoms with Crippen molar-refractivity contribution in [2.75, 3.05) is 39.4 Å². The number of nitrogens with one attached hydrogen (secondary N) is 1. The van der Waals surface area contributed by atoms with Gasteiger partial charge in [0.15, 0.2) is 0 Å². The summed E-state index contributed by atoms with van der Waals surface area (Å²) < 4.78 is 5.42. The van der Waals surface area contributed by atoms with Gasteiger partial charge in [-0.15, -0.1) is 0 Å². The number of ether oxygens (including phenoxy) is 1. The molecule has 0 unspecified atom stereocenters. The molecule has 0 atom stereocenters. The number of benzene rings is 2. The summed E-state index contributed by atoms with van der Waals surface area (Å²) in [6, 6.07) is 18.4. The molecule has 1 heterocycles. The van der Waals surface area contributed by atoms with Gasteiger partial charge in [-0.25, -0.2) is 4.79 Å². The molecule has 3 rings (SSSR count). The minimum Gasteiger partial charge on any atom is -0.379 e. The number of amides is 2. The third kappa shape index (κ3) is 6.38. The van der Waals surface area contributed by atoms with E-state index in [2.05, 4.69) is 35.3 Å². The molecule has 1 aliphatic rings. The van der Waals surface area contributed by atoms with Gasteiger partial charge in [0, 0.05) is 39.3 Å². The lowest BCUT2D eigenvalue weighted by molar-refractivity contribution is 0.0346. The number of carbonyl (C=O) groups excluding carboxylic acids is 1. The lowest BCUT2D eigenvalue weighted by Gasteiger charge is -2.30. The highest BCUT2D eigenvalue weighted by molar-refractivity contribution is 5.74. The molecule has 0 bridgehead atoms. The molecule has 1 saturated heterocycles. The van der Waals surface area contributed by atoms with Crippen molar-refractivity contribution >= 4 is 6.03 Å². The standard InChI is InChI=1S/C22H29N3O2/c1-19-6-5-9-21(16-19)18-25(11-10-24-12-14-27-15-13-24)22(26)23-17-20-7-3-2-4-8-20/h2-9,16H,10-15,17-18H2,1H3,(H,23,26). The van der Waals surface area contributed by atoms with Crippen LogP contribution < -0.4 is 5.32 Å². The first-order chi connectivity index (χ1) is 13.2. The van der Waals surface area contributed by atoms with Crippen LogP contribution in [-0.2, 0) is 17.8 Å². The van der Waals surface area contributed by atoms with E-state index in [1.165, 1.54) is 5.56 Å². The summed E-state index contributed by atoms with van der Waals surface area (Å²) in [6.07, 6.45) is 0. The van der Waals surface area contributed by atoms with Gasteiger partial charge in [-0.3, -0.25) is 4.90 Å². The predicted molar refractivity (Wildman–Crippen MR) is 108 cm³/mol. The highest BCUT2D eigenvalue weighted by Gasteiger charge is 2.17. The lowest BCUT2D eigenvalue weighted by atomic mass is 10.1. The molecule has 2 amide bonds. The third-order valence-electron chi connectivity index (χ3n) is 4.82. The topological polar surface area (TPSA) is 44.8 Å². The number of morpholine rings is 1. The Hall–Kier alpha value is -2.37. The van der Waals surface area contributed by atoms with E-state index in [4.69, 9.17) is 4.74 Å². The Bertz CT molecular complexity index is 715. The van der Waals surface area contributed by atoms with Crippen LogP contribution in [-0.4, -0.2) is 55.2 Å². The summed E-state index contributed by atoms with van der Waals surface area (Å²) in [5, 5.41) is 3.07. The van der Waals surface area contributed by atoms with Crippen LogP contribution >= 0.6 is 0 Å². The van der Waals surface area contributed by atoms with E-state index in [-0.39, 0.29) is 6.03 Å². The van der Waals surface area contributed by atoms with Crippen LogP contribution in [0, 0.1) is 6.92 Å². The van der Waals surface area contributed by atoms with Crippen molar-refractivity contribution in [2.45, 2.75) is 20.0 Å². The molecular weight excluding hydrogens is 338 g/mol. The first-order valence-corrected chi connectivity index (χ1v) is 9.63. The highest BCUT2D eigenvalue weighted by Crippen LogP contribution is 2.09. The maximum atomic E-state index is 12.9. The average Bonchev–Trinajstić information content (AvgIpc) is 2.71. The van der Waals surface area contributed by atoms with Gasteiger partial charge in [0.1, 0.15) is 0 Å². The molecule has 27 heavy (non-hydrogen) atoms. The molecule has 2 aromatic carbocycles. The van der Waals surface area contributed by atoms with Gasteiger partial charge in [0.05, 0.1) is 13.2 Å². The Balaban J connectivity index is 1.60. The fourth-order valence-corrected chi connectivity index (χ4v) is 3.26. The number of hydrogen-bond donors (Lipinski definition) is 1. The SMILES string of the molecule is Cc1cccc(CN(CCN2CCOCC2)C(=O)NCc2ccccc2)c1. The molecule has 144 valence electrons. The number of urea groups is 1. The molecule has 0 aromatic heterocycles. The average molecular weight is 367 g/mol. The molecule has 1 fully saturated rings. The van der Waals surface area contributed by atoms with Crippen molar-refractivity contribution in [1.82, 2.24) is 15.1 Å². The molecule has 5 nitrogen and oxygen atoms in total. The molecule has 0 radical (unpaired) electrons. The van der Waals surface area contributed by atoms with Crippen LogP contribution in [0.5, 0.6) is 0 Å². The van der Waals surface area contributed by atoms with Gasteiger partial charge in [-0.1, -0.05) is 60.2 Å². The van der Waals surface area contributed by atoms with Crippen LogP contribution in [0.2, 0.25) is 0 Å². The van der Waals surface area contributed by atoms with Gasteiger partial charge in [0.2, 0.25) is 0 Å². The number of nitrogens with zero attached hydrogens (tertiary/aromatic N) is 2. The minimum atomic E-state index is -0.0198. The maximum Gasteiger partial charge on any atom is 0.318 e. The maximum absolute atomic E-state index is 12.9. The number of hydrogen-bond acceptors (Lipinski definition) is 3. The van der Waals surface area contributed by atoms with Crippen molar-refractivity contribution in [3.63, 3.8) is 0 Å². The van der Waals surface area contributed by atoms with E-state index in [1.54, 1.807) is 0 Å². The molecule has 0 saturated carbocycles. The van der Waals surface area contributed by atoms with Gasteiger partial charge in [-0.2, -0.15) is 0 Å². The Morgan fingerprint density at radius 3 is 2.56 bits per heavy atom. The third-order valence-corrected chi connectivity index (χ3v) is 4.82. The first kappa shape index (κ1) is 19.4. The highest BCUT2D eigenvalue weighted by atomic mass is 16.5. The summed E-state index contributed by atoms with van der Waals surface area (Å²) in [4.78, 5) is 17.1. The largest absolute Gasteiger partial charge is 0.379 e. The Kier molecular flexibility index (Phi) is 7.25. The monoisotopic (exact) mass is 367 g/mol. The fraction of sp³-hybridized carbons (Fsp3) is 0.409. The second kappa shape index (κ2) is 10.1. The van der Waals surface area contributed by atoms with Gasteiger partial charge in [-0.05, 0) is 18.1 Å². The quantitative estimate of drug-likeness (QED) is 0.818. The van der Waals surface area contributed by atoms with E-state index in [0.29, 0.717) is 19.6 Å². The summed E-state index contributed by atoms with van der Waals surface area (Å²) >= 11 is 0. The van der Waals surface area contributed by atoms with Gasteiger partial charge >= 0.3 is 6.03 Å². The van der Waals surface area contributed by atoms with E-state index in [1.807, 2.05) is 41.3 Å². The Morgan fingerprint density at radius 1 is 1.07 bits per heavy atom. The molecule has 1 N–H and O–H groups in total. The Morgan fingerprint density at radius 2 is 1.81 bits per heavy atom. The van der Waals surface area contributed by atoms with E-state index in [9.17, 15) is 4.79 Å². The van der Waals surface area contributed by atoms with E-state index >= 15 is 0 Å². The fourth-order valence-electron chi connectivity index (χ4n) is 3.26. The lowest BCUT2D eigenvalue weighted by Crippen LogP contribution is -2.45. The van der Waals surface area contributed by atoms with Crippen molar-refractivity contribution < 1.29 is 9.53 Å². The van der Waals surface area contributed by atoms with E-state index < -0.39 is 0 Å². The van der Waals surface area contributed by atoms with Crippen LogP contribution in [0.3, 0.4) is 0 Å². The zero-order chi connectivity index (χ0) is 18.9.